The largest absolute Gasteiger partial charge is 0.296 e. The second-order valence-corrected chi connectivity index (χ2v) is 7.43. The molecule has 0 aliphatic carbocycles. The number of fused-ring (bicyclic) bond motifs is 1. The Balaban J connectivity index is 1.41. The third kappa shape index (κ3) is 3.85. The molecule has 0 bridgehead atoms. The molecule has 0 unspecified atom stereocenters. The number of hydrogen-bond donors (Lipinski definition) is 2. The second kappa shape index (κ2) is 7.25. The summed E-state index contributed by atoms with van der Waals surface area (Å²) in [7, 11) is 0. The van der Waals surface area contributed by atoms with E-state index in [1.165, 1.54) is 64.3 Å². The van der Waals surface area contributed by atoms with Gasteiger partial charge in [-0.3, -0.25) is 20.0 Å². The van der Waals surface area contributed by atoms with Crippen LogP contribution in [-0.4, -0.2) is 35.7 Å². The van der Waals surface area contributed by atoms with Gasteiger partial charge in [0, 0.05) is 17.4 Å². The number of hydrogen-bond acceptors (Lipinski definition) is 8. The summed E-state index contributed by atoms with van der Waals surface area (Å²) >= 11 is 2.52. The molecule has 1 amide bonds. The molecule has 9 nitrogen and oxygen atoms in total. The Bertz CT molecular complexity index is 1170. The molecule has 0 atom stereocenters. The Morgan fingerprint density at radius 3 is 2.93 bits per heavy atom. The van der Waals surface area contributed by atoms with Gasteiger partial charge in [-0.15, -0.1) is 10.2 Å². The van der Waals surface area contributed by atoms with Crippen molar-refractivity contribution >= 4 is 39.9 Å². The molecule has 1 aromatic carbocycles. The normalized spacial score (nSPS) is 11.0. The van der Waals surface area contributed by atoms with E-state index in [0.29, 0.717) is 32.3 Å². The van der Waals surface area contributed by atoms with Crippen molar-refractivity contribution in [2.24, 2.45) is 0 Å². The Morgan fingerprint density at radius 2 is 2.11 bits per heavy atom. The second-order valence-electron chi connectivity index (χ2n) is 5.23. The summed E-state index contributed by atoms with van der Waals surface area (Å²) in [6.45, 7) is 0. The van der Waals surface area contributed by atoms with Gasteiger partial charge in [-0.1, -0.05) is 23.1 Å². The smallest absolute Gasteiger partial charge is 0.274 e. The van der Waals surface area contributed by atoms with E-state index in [9.17, 15) is 14.0 Å². The van der Waals surface area contributed by atoms with Gasteiger partial charge in [-0.25, -0.2) is 14.4 Å². The van der Waals surface area contributed by atoms with Crippen LogP contribution in [0.4, 0.5) is 9.52 Å². The topological polar surface area (TPSA) is 118 Å². The Kier molecular flexibility index (Phi) is 4.64. The fourth-order valence-electron chi connectivity index (χ4n) is 2.17. The minimum Gasteiger partial charge on any atom is -0.296 e. The molecule has 0 saturated carbocycles. The van der Waals surface area contributed by atoms with Crippen molar-refractivity contribution in [1.82, 2.24) is 29.8 Å². The van der Waals surface area contributed by atoms with Crippen LogP contribution in [0.25, 0.3) is 5.78 Å². The van der Waals surface area contributed by atoms with Crippen LogP contribution in [0.3, 0.4) is 0 Å². The number of halogens is 1. The molecule has 0 radical (unpaired) electrons. The first-order chi connectivity index (χ1) is 13.1. The summed E-state index contributed by atoms with van der Waals surface area (Å²) in [6.07, 6.45) is 1.39. The van der Waals surface area contributed by atoms with E-state index in [4.69, 9.17) is 0 Å². The SMILES string of the molecule is O=C(Nc1nnc(SCc2cc(=O)n3[nH]cnc3n2)s1)c1ccc(F)cc1. The number of nitrogens with zero attached hydrogens (tertiary/aromatic N) is 5. The lowest BCUT2D eigenvalue weighted by Gasteiger charge is -2.00. The molecule has 3 heterocycles. The van der Waals surface area contributed by atoms with Crippen LogP contribution in [-0.2, 0) is 5.75 Å². The standard InChI is InChI=1S/C15H10FN7O2S2/c16-9-3-1-8(2-4-9)12(25)20-14-21-22-15(27-14)26-6-10-5-11(24)23-13(19-10)17-7-18-23/h1-5,7H,6H2,(H,17,18,19)(H,20,21,25). The van der Waals surface area contributed by atoms with Gasteiger partial charge < -0.3 is 0 Å². The lowest BCUT2D eigenvalue weighted by molar-refractivity contribution is 0.102. The molecule has 136 valence electrons. The Morgan fingerprint density at radius 1 is 1.30 bits per heavy atom. The van der Waals surface area contributed by atoms with Gasteiger partial charge in [-0.2, -0.15) is 4.52 Å². The zero-order chi connectivity index (χ0) is 18.8. The van der Waals surface area contributed by atoms with Crippen molar-refractivity contribution < 1.29 is 9.18 Å². The predicted molar refractivity (Wildman–Crippen MR) is 97.4 cm³/mol. The zero-order valence-electron chi connectivity index (χ0n) is 13.4. The van der Waals surface area contributed by atoms with E-state index in [0.717, 1.165) is 0 Å². The number of carbonyl (C=O) groups excluding carboxylic acids is 1. The quantitative estimate of drug-likeness (QED) is 0.386. The van der Waals surface area contributed by atoms with Crippen LogP contribution in [0, 0.1) is 5.82 Å². The van der Waals surface area contributed by atoms with Gasteiger partial charge in [0.2, 0.25) is 5.13 Å². The van der Waals surface area contributed by atoms with Gasteiger partial charge >= 0.3 is 0 Å². The van der Waals surface area contributed by atoms with Gasteiger partial charge in [0.15, 0.2) is 4.34 Å². The van der Waals surface area contributed by atoms with E-state index in [2.05, 4.69) is 30.6 Å². The minimum absolute atomic E-state index is 0.252. The van der Waals surface area contributed by atoms with Crippen LogP contribution in [0.5, 0.6) is 0 Å². The minimum atomic E-state index is -0.414. The molecule has 0 aliphatic heterocycles. The zero-order valence-corrected chi connectivity index (χ0v) is 15.1. The van der Waals surface area contributed by atoms with Crippen LogP contribution in [0.2, 0.25) is 0 Å². The first-order valence-corrected chi connectivity index (χ1v) is 9.34. The monoisotopic (exact) mass is 403 g/mol. The van der Waals surface area contributed by atoms with Crippen LogP contribution in [0.15, 0.2) is 45.8 Å². The van der Waals surface area contributed by atoms with E-state index in [1.807, 2.05) is 0 Å². The molecule has 4 aromatic rings. The third-order valence-corrected chi connectivity index (χ3v) is 5.40. The van der Waals surface area contributed by atoms with E-state index < -0.39 is 11.7 Å². The highest BCUT2D eigenvalue weighted by molar-refractivity contribution is 8.00. The summed E-state index contributed by atoms with van der Waals surface area (Å²) in [4.78, 5) is 32.2. The summed E-state index contributed by atoms with van der Waals surface area (Å²) in [5, 5.41) is 13.5. The first-order valence-electron chi connectivity index (χ1n) is 7.54. The van der Waals surface area contributed by atoms with E-state index >= 15 is 0 Å². The molecule has 27 heavy (non-hydrogen) atoms. The Labute approximate surface area is 158 Å². The molecule has 2 N–H and O–H groups in total. The maximum atomic E-state index is 12.9. The Hall–Kier alpha value is -3.12. The molecule has 0 fully saturated rings. The molecular weight excluding hydrogens is 393 g/mol. The highest BCUT2D eigenvalue weighted by Gasteiger charge is 2.12. The molecule has 4 rings (SSSR count). The molecule has 3 aromatic heterocycles. The number of H-pyrrole nitrogens is 1. The summed E-state index contributed by atoms with van der Waals surface area (Å²) in [5.41, 5.74) is 0.625. The van der Waals surface area contributed by atoms with Crippen molar-refractivity contribution in [3.63, 3.8) is 0 Å². The maximum absolute atomic E-state index is 12.9. The molecule has 0 saturated heterocycles. The first kappa shape index (κ1) is 17.3. The van der Waals surface area contributed by atoms with Crippen LogP contribution in [0.1, 0.15) is 16.1 Å². The predicted octanol–water partition coefficient (Wildman–Crippen LogP) is 1.95. The van der Waals surface area contributed by atoms with E-state index in [1.54, 1.807) is 0 Å². The number of carbonyl (C=O) groups is 1. The molecule has 0 aliphatic rings. The van der Waals surface area contributed by atoms with Gasteiger partial charge in [0.1, 0.15) is 12.1 Å². The number of amides is 1. The van der Waals surface area contributed by atoms with Crippen LogP contribution >= 0.6 is 23.1 Å². The summed E-state index contributed by atoms with van der Waals surface area (Å²) < 4.78 is 14.8. The fourth-order valence-corrected chi connectivity index (χ4v) is 3.81. The van der Waals surface area contributed by atoms with Gasteiger partial charge in [-0.05, 0) is 24.3 Å². The van der Waals surface area contributed by atoms with Crippen molar-refractivity contribution in [2.45, 2.75) is 10.1 Å². The lowest BCUT2D eigenvalue weighted by Crippen LogP contribution is -2.15. The number of anilines is 1. The number of nitrogens with one attached hydrogen (secondary N) is 2. The maximum Gasteiger partial charge on any atom is 0.274 e. The number of thioether (sulfide) groups is 1. The van der Waals surface area contributed by atoms with Crippen molar-refractivity contribution in [1.29, 1.82) is 0 Å². The number of benzene rings is 1. The molecule has 0 spiro atoms. The third-order valence-electron chi connectivity index (χ3n) is 3.40. The highest BCUT2D eigenvalue weighted by atomic mass is 32.2. The van der Waals surface area contributed by atoms with Gasteiger partial charge in [0.25, 0.3) is 17.2 Å². The molecule has 12 heteroatoms. The van der Waals surface area contributed by atoms with Crippen LogP contribution < -0.4 is 10.9 Å². The van der Waals surface area contributed by atoms with Crippen molar-refractivity contribution in [2.75, 3.05) is 5.32 Å². The molecular formula is C15H10FN7O2S2. The average molecular weight is 403 g/mol. The average Bonchev–Trinajstić information content (AvgIpc) is 3.30. The van der Waals surface area contributed by atoms with Crippen molar-refractivity contribution in [3.05, 3.63) is 64.1 Å². The van der Waals surface area contributed by atoms with E-state index in [-0.39, 0.29) is 5.56 Å². The summed E-state index contributed by atoms with van der Waals surface area (Å²) in [6, 6.07) is 6.61. The highest BCUT2D eigenvalue weighted by Crippen LogP contribution is 2.28. The fraction of sp³-hybridized carbons (Fsp3) is 0.0667. The summed E-state index contributed by atoms with van der Waals surface area (Å²) in [5.74, 6) is -0.120. The number of aromatic amines is 1. The number of rotatable bonds is 5. The van der Waals surface area contributed by atoms with Gasteiger partial charge in [0.05, 0.1) is 5.69 Å². The van der Waals surface area contributed by atoms with Crippen molar-refractivity contribution in [3.8, 4) is 0 Å². The lowest BCUT2D eigenvalue weighted by atomic mass is 10.2. The number of aromatic nitrogens is 6.